The van der Waals surface area contributed by atoms with Crippen LogP contribution < -0.4 is 5.32 Å². The molecule has 1 aromatic heterocycles. The van der Waals surface area contributed by atoms with E-state index in [1.165, 1.54) is 0 Å². The van der Waals surface area contributed by atoms with E-state index < -0.39 is 5.60 Å². The number of aromatic nitrogens is 2. The molecule has 2 aromatic rings. The molecule has 1 fully saturated rings. The van der Waals surface area contributed by atoms with Gasteiger partial charge in [-0.2, -0.15) is 0 Å². The van der Waals surface area contributed by atoms with Crippen LogP contribution in [-0.2, 0) is 10.4 Å². The number of benzene rings is 1. The molecule has 0 spiro atoms. The molecular formula is C19H23ClN4O2. The van der Waals surface area contributed by atoms with Crippen molar-refractivity contribution < 1.29 is 9.90 Å². The van der Waals surface area contributed by atoms with Crippen LogP contribution in [0, 0.1) is 13.8 Å². The van der Waals surface area contributed by atoms with Crippen LogP contribution in [0.3, 0.4) is 0 Å². The number of hydrogen-bond acceptors (Lipinski definition) is 5. The molecule has 2 N–H and O–H groups in total. The minimum Gasteiger partial charge on any atom is -0.385 e. The molecule has 6 nitrogen and oxygen atoms in total. The standard InChI is InChI=1S/C19H23ClN4O2/c1-13-11-14(2)23-18(22-13)21-12-17(25)24-9-7-19(26,8-10-24)15-3-5-16(20)6-4-15/h3-6,11,26H,7-10,12H2,1-2H3,(H,21,22,23). The van der Waals surface area contributed by atoms with Crippen molar-refractivity contribution in [1.29, 1.82) is 0 Å². The fraction of sp³-hybridized carbons (Fsp3) is 0.421. The van der Waals surface area contributed by atoms with Crippen molar-refractivity contribution in [2.24, 2.45) is 0 Å². The van der Waals surface area contributed by atoms with Gasteiger partial charge in [-0.15, -0.1) is 0 Å². The Labute approximate surface area is 158 Å². The van der Waals surface area contributed by atoms with Gasteiger partial charge in [-0.1, -0.05) is 23.7 Å². The molecule has 0 radical (unpaired) electrons. The number of rotatable bonds is 4. The number of halogens is 1. The molecule has 0 saturated carbocycles. The monoisotopic (exact) mass is 374 g/mol. The average molecular weight is 375 g/mol. The summed E-state index contributed by atoms with van der Waals surface area (Å²) in [6.45, 7) is 4.94. The first-order chi connectivity index (χ1) is 12.4. The topological polar surface area (TPSA) is 78.4 Å². The molecule has 1 saturated heterocycles. The number of carbonyl (C=O) groups excluding carboxylic acids is 1. The number of likely N-dealkylation sites (tertiary alicyclic amines) is 1. The van der Waals surface area contributed by atoms with Gasteiger partial charge >= 0.3 is 0 Å². The van der Waals surface area contributed by atoms with Crippen LogP contribution in [-0.4, -0.2) is 45.5 Å². The second kappa shape index (κ2) is 7.60. The number of nitrogens with zero attached hydrogens (tertiary/aromatic N) is 3. The Morgan fingerprint density at radius 2 is 1.77 bits per heavy atom. The number of carbonyl (C=O) groups is 1. The van der Waals surface area contributed by atoms with E-state index >= 15 is 0 Å². The smallest absolute Gasteiger partial charge is 0.241 e. The zero-order valence-electron chi connectivity index (χ0n) is 15.0. The van der Waals surface area contributed by atoms with Gasteiger partial charge in [-0.3, -0.25) is 4.79 Å². The van der Waals surface area contributed by atoms with Gasteiger partial charge in [0.05, 0.1) is 12.1 Å². The molecule has 26 heavy (non-hydrogen) atoms. The first kappa shape index (κ1) is 18.6. The number of amides is 1. The van der Waals surface area contributed by atoms with Crippen LogP contribution in [0.4, 0.5) is 5.95 Å². The number of anilines is 1. The van der Waals surface area contributed by atoms with Crippen molar-refractivity contribution in [3.8, 4) is 0 Å². The molecule has 1 aromatic carbocycles. The minimum absolute atomic E-state index is 0.0223. The fourth-order valence-corrected chi connectivity index (χ4v) is 3.37. The summed E-state index contributed by atoms with van der Waals surface area (Å²) in [5, 5.41) is 14.5. The van der Waals surface area contributed by atoms with Gasteiger partial charge in [0, 0.05) is 29.5 Å². The summed E-state index contributed by atoms with van der Waals surface area (Å²) in [6.07, 6.45) is 1.00. The molecule has 0 atom stereocenters. The first-order valence-electron chi connectivity index (χ1n) is 8.68. The van der Waals surface area contributed by atoms with E-state index in [2.05, 4.69) is 15.3 Å². The predicted molar refractivity (Wildman–Crippen MR) is 101 cm³/mol. The Morgan fingerprint density at radius 3 is 2.35 bits per heavy atom. The normalized spacial score (nSPS) is 16.4. The SMILES string of the molecule is Cc1cc(C)nc(NCC(=O)N2CCC(O)(c3ccc(Cl)cc3)CC2)n1. The summed E-state index contributed by atoms with van der Waals surface area (Å²) < 4.78 is 0. The van der Waals surface area contributed by atoms with Crippen LogP contribution in [0.2, 0.25) is 5.02 Å². The van der Waals surface area contributed by atoms with Gasteiger partial charge in [0.25, 0.3) is 0 Å². The lowest BCUT2D eigenvalue weighted by Crippen LogP contribution is -2.46. The highest BCUT2D eigenvalue weighted by molar-refractivity contribution is 6.30. The highest BCUT2D eigenvalue weighted by atomic mass is 35.5. The van der Waals surface area contributed by atoms with Crippen LogP contribution in [0.25, 0.3) is 0 Å². The van der Waals surface area contributed by atoms with E-state index in [1.54, 1.807) is 17.0 Å². The second-order valence-electron chi connectivity index (χ2n) is 6.75. The Bertz CT molecular complexity index is 766. The average Bonchev–Trinajstić information content (AvgIpc) is 2.60. The van der Waals surface area contributed by atoms with E-state index in [9.17, 15) is 9.90 Å². The fourth-order valence-electron chi connectivity index (χ4n) is 3.25. The Balaban J connectivity index is 1.55. The molecular weight excluding hydrogens is 352 g/mol. The van der Waals surface area contributed by atoms with Crippen molar-refractivity contribution in [3.63, 3.8) is 0 Å². The molecule has 0 aliphatic carbocycles. The summed E-state index contributed by atoms with van der Waals surface area (Å²) in [4.78, 5) is 22.8. The lowest BCUT2D eigenvalue weighted by molar-refractivity contribution is -0.133. The highest BCUT2D eigenvalue weighted by Gasteiger charge is 2.35. The summed E-state index contributed by atoms with van der Waals surface area (Å²) in [5.41, 5.74) is 1.65. The third-order valence-corrected chi connectivity index (χ3v) is 4.96. The second-order valence-corrected chi connectivity index (χ2v) is 7.18. The Morgan fingerprint density at radius 1 is 1.19 bits per heavy atom. The molecule has 0 bridgehead atoms. The molecule has 3 rings (SSSR count). The van der Waals surface area contributed by atoms with Crippen molar-refractivity contribution in [2.75, 3.05) is 25.0 Å². The molecule has 1 aliphatic rings. The Kier molecular flexibility index (Phi) is 5.44. The molecule has 2 heterocycles. The van der Waals surface area contributed by atoms with E-state index in [-0.39, 0.29) is 12.5 Å². The van der Waals surface area contributed by atoms with Gasteiger partial charge in [0.2, 0.25) is 11.9 Å². The van der Waals surface area contributed by atoms with Gasteiger partial charge in [0.15, 0.2) is 0 Å². The number of piperidine rings is 1. The number of aryl methyl sites for hydroxylation is 2. The lowest BCUT2D eigenvalue weighted by atomic mass is 9.84. The number of hydrogen-bond donors (Lipinski definition) is 2. The van der Waals surface area contributed by atoms with Gasteiger partial charge in [-0.05, 0) is 50.5 Å². The van der Waals surface area contributed by atoms with Gasteiger partial charge < -0.3 is 15.3 Å². The molecule has 138 valence electrons. The third kappa shape index (κ3) is 4.31. The molecule has 1 aliphatic heterocycles. The van der Waals surface area contributed by atoms with Crippen LogP contribution >= 0.6 is 11.6 Å². The Hall–Kier alpha value is -2.18. The molecule has 1 amide bonds. The molecule has 7 heteroatoms. The van der Waals surface area contributed by atoms with Gasteiger partial charge in [0.1, 0.15) is 0 Å². The number of aliphatic hydroxyl groups is 1. The van der Waals surface area contributed by atoms with E-state index in [0.29, 0.717) is 36.9 Å². The van der Waals surface area contributed by atoms with Gasteiger partial charge in [-0.25, -0.2) is 9.97 Å². The summed E-state index contributed by atoms with van der Waals surface area (Å²) >= 11 is 5.91. The quantitative estimate of drug-likeness (QED) is 0.860. The minimum atomic E-state index is -0.911. The van der Waals surface area contributed by atoms with E-state index in [4.69, 9.17) is 11.6 Å². The van der Waals surface area contributed by atoms with Crippen LogP contribution in [0.5, 0.6) is 0 Å². The van der Waals surface area contributed by atoms with Crippen LogP contribution in [0.1, 0.15) is 29.8 Å². The van der Waals surface area contributed by atoms with E-state index in [0.717, 1.165) is 17.0 Å². The zero-order chi connectivity index (χ0) is 18.7. The first-order valence-corrected chi connectivity index (χ1v) is 9.06. The summed E-state index contributed by atoms with van der Waals surface area (Å²) in [6, 6.07) is 9.13. The maximum absolute atomic E-state index is 12.4. The predicted octanol–water partition coefficient (Wildman–Crippen LogP) is 2.67. The zero-order valence-corrected chi connectivity index (χ0v) is 15.8. The third-order valence-electron chi connectivity index (χ3n) is 4.70. The maximum Gasteiger partial charge on any atom is 0.241 e. The van der Waals surface area contributed by atoms with Crippen molar-refractivity contribution in [3.05, 3.63) is 52.3 Å². The largest absolute Gasteiger partial charge is 0.385 e. The molecule has 0 unspecified atom stereocenters. The number of nitrogens with one attached hydrogen (secondary N) is 1. The maximum atomic E-state index is 12.4. The van der Waals surface area contributed by atoms with Crippen molar-refractivity contribution in [2.45, 2.75) is 32.3 Å². The van der Waals surface area contributed by atoms with E-state index in [1.807, 2.05) is 32.0 Å². The summed E-state index contributed by atoms with van der Waals surface area (Å²) in [5.74, 6) is 0.441. The van der Waals surface area contributed by atoms with Crippen LogP contribution in [0.15, 0.2) is 30.3 Å². The summed E-state index contributed by atoms with van der Waals surface area (Å²) in [7, 11) is 0. The van der Waals surface area contributed by atoms with Crippen molar-refractivity contribution in [1.82, 2.24) is 14.9 Å². The van der Waals surface area contributed by atoms with Crippen molar-refractivity contribution >= 4 is 23.5 Å². The highest BCUT2D eigenvalue weighted by Crippen LogP contribution is 2.33. The lowest BCUT2D eigenvalue weighted by Gasteiger charge is -2.38.